The third-order valence-corrected chi connectivity index (χ3v) is 2.45. The Balaban J connectivity index is 2.00. The zero-order chi connectivity index (χ0) is 13.0. The van der Waals surface area contributed by atoms with Crippen molar-refractivity contribution in [3.8, 4) is 5.75 Å². The minimum absolute atomic E-state index is 0.00335. The predicted molar refractivity (Wildman–Crippen MR) is 64.2 cm³/mol. The number of carbonyl (C=O) groups is 1. The number of hydrogen-bond donors (Lipinski definition) is 0. The molecule has 5 heteroatoms. The summed E-state index contributed by atoms with van der Waals surface area (Å²) >= 11 is 0. The molecule has 0 radical (unpaired) electrons. The van der Waals surface area contributed by atoms with E-state index in [4.69, 9.17) is 4.74 Å². The Bertz CT molecular complexity index is 552. The number of aryl methyl sites for hydroxylation is 1. The van der Waals surface area contributed by atoms with Crippen molar-refractivity contribution < 1.29 is 13.9 Å². The van der Waals surface area contributed by atoms with Gasteiger partial charge >= 0.3 is 0 Å². The van der Waals surface area contributed by atoms with Crippen LogP contribution < -0.4 is 4.74 Å². The van der Waals surface area contributed by atoms with Gasteiger partial charge in [0.15, 0.2) is 17.9 Å². The lowest BCUT2D eigenvalue weighted by Gasteiger charge is -2.09. The lowest BCUT2D eigenvalue weighted by Crippen LogP contribution is -2.10. The molecular formula is C13H13FN2O2. The summed E-state index contributed by atoms with van der Waals surface area (Å²) in [4.78, 5) is 10.8. The molecule has 18 heavy (non-hydrogen) atoms. The maximum Gasteiger partial charge on any atom is 0.165 e. The molecule has 0 N–H and O–H groups in total. The molecular weight excluding hydrogens is 235 g/mol. The second kappa shape index (κ2) is 5.44. The van der Waals surface area contributed by atoms with Crippen LogP contribution in [0.4, 0.5) is 4.39 Å². The molecule has 0 saturated heterocycles. The van der Waals surface area contributed by atoms with Crippen molar-refractivity contribution in [2.75, 3.05) is 6.61 Å². The van der Waals surface area contributed by atoms with Crippen LogP contribution in [-0.4, -0.2) is 22.7 Å². The molecule has 0 saturated carbocycles. The highest BCUT2D eigenvalue weighted by atomic mass is 19.1. The minimum atomic E-state index is -0.531. The number of hydrogen-bond acceptors (Lipinski definition) is 3. The summed E-state index contributed by atoms with van der Waals surface area (Å²) < 4.78 is 20.5. The zero-order valence-corrected chi connectivity index (χ0v) is 9.97. The molecule has 0 aliphatic carbocycles. The van der Waals surface area contributed by atoms with Crippen LogP contribution in [0.15, 0.2) is 30.6 Å². The maximum absolute atomic E-state index is 13.5. The number of nitrogens with zero attached hydrogens (tertiary/aromatic N) is 2. The van der Waals surface area contributed by atoms with Gasteiger partial charge in [-0.05, 0) is 24.6 Å². The number of halogens is 1. The maximum atomic E-state index is 13.5. The van der Waals surface area contributed by atoms with Crippen molar-refractivity contribution in [3.05, 3.63) is 47.5 Å². The SMILES string of the molecule is Cc1cnn(CCOc2c(F)cccc2C=O)c1. The van der Waals surface area contributed by atoms with Crippen molar-refractivity contribution in [2.24, 2.45) is 0 Å². The Kier molecular flexibility index (Phi) is 3.72. The van der Waals surface area contributed by atoms with Crippen LogP contribution >= 0.6 is 0 Å². The predicted octanol–water partition coefficient (Wildman–Crippen LogP) is 2.22. The van der Waals surface area contributed by atoms with Gasteiger partial charge in [0.1, 0.15) is 6.61 Å². The van der Waals surface area contributed by atoms with Gasteiger partial charge in [-0.25, -0.2) is 4.39 Å². The first-order chi connectivity index (χ1) is 8.70. The summed E-state index contributed by atoms with van der Waals surface area (Å²) in [6.07, 6.45) is 4.18. The molecule has 0 fully saturated rings. The summed E-state index contributed by atoms with van der Waals surface area (Å²) in [5.74, 6) is -0.535. The third-order valence-electron chi connectivity index (χ3n) is 2.45. The quantitative estimate of drug-likeness (QED) is 0.762. The van der Waals surface area contributed by atoms with Gasteiger partial charge in [-0.3, -0.25) is 9.48 Å². The van der Waals surface area contributed by atoms with E-state index in [2.05, 4.69) is 5.10 Å². The van der Waals surface area contributed by atoms with Gasteiger partial charge in [0, 0.05) is 6.20 Å². The Morgan fingerprint density at radius 3 is 3.00 bits per heavy atom. The van der Waals surface area contributed by atoms with E-state index in [1.54, 1.807) is 10.9 Å². The van der Waals surface area contributed by atoms with Crippen LogP contribution in [0.3, 0.4) is 0 Å². The van der Waals surface area contributed by atoms with E-state index in [1.807, 2.05) is 13.1 Å². The van der Waals surface area contributed by atoms with E-state index < -0.39 is 5.82 Å². The van der Waals surface area contributed by atoms with E-state index in [0.29, 0.717) is 12.8 Å². The van der Waals surface area contributed by atoms with E-state index in [0.717, 1.165) is 5.56 Å². The molecule has 0 atom stereocenters. The number of carbonyl (C=O) groups excluding carboxylic acids is 1. The highest BCUT2D eigenvalue weighted by Gasteiger charge is 2.08. The number of para-hydroxylation sites is 1. The molecule has 2 rings (SSSR count). The Morgan fingerprint density at radius 2 is 2.33 bits per heavy atom. The highest BCUT2D eigenvalue weighted by molar-refractivity contribution is 5.79. The fourth-order valence-corrected chi connectivity index (χ4v) is 1.60. The molecule has 0 unspecified atom stereocenters. The topological polar surface area (TPSA) is 44.1 Å². The first-order valence-electron chi connectivity index (χ1n) is 5.56. The molecule has 2 aromatic rings. The van der Waals surface area contributed by atoms with Crippen LogP contribution in [-0.2, 0) is 6.54 Å². The number of benzene rings is 1. The largest absolute Gasteiger partial charge is 0.488 e. The Labute approximate surface area is 104 Å². The standard InChI is InChI=1S/C13H13FN2O2/c1-10-7-15-16(8-10)5-6-18-13-11(9-17)3-2-4-12(13)14/h2-4,7-9H,5-6H2,1H3. The first kappa shape index (κ1) is 12.3. The molecule has 94 valence electrons. The van der Waals surface area contributed by atoms with Crippen molar-refractivity contribution in [3.63, 3.8) is 0 Å². The number of aromatic nitrogens is 2. The highest BCUT2D eigenvalue weighted by Crippen LogP contribution is 2.20. The number of rotatable bonds is 5. The molecule has 0 amide bonds. The van der Waals surface area contributed by atoms with Crippen LogP contribution in [0.25, 0.3) is 0 Å². The first-order valence-corrected chi connectivity index (χ1v) is 5.56. The van der Waals surface area contributed by atoms with Crippen molar-refractivity contribution in [1.29, 1.82) is 0 Å². The summed E-state index contributed by atoms with van der Waals surface area (Å²) in [7, 11) is 0. The van der Waals surface area contributed by atoms with Gasteiger partial charge < -0.3 is 4.74 Å². The van der Waals surface area contributed by atoms with Crippen LogP contribution in [0.2, 0.25) is 0 Å². The zero-order valence-electron chi connectivity index (χ0n) is 9.97. The average Bonchev–Trinajstić information content (AvgIpc) is 2.77. The van der Waals surface area contributed by atoms with Gasteiger partial charge in [0.2, 0.25) is 0 Å². The monoisotopic (exact) mass is 248 g/mol. The molecule has 0 bridgehead atoms. The van der Waals surface area contributed by atoms with Gasteiger partial charge in [0.05, 0.1) is 18.3 Å². The lowest BCUT2D eigenvalue weighted by molar-refractivity contribution is 0.111. The fraction of sp³-hybridized carbons (Fsp3) is 0.231. The van der Waals surface area contributed by atoms with E-state index in [9.17, 15) is 9.18 Å². The molecule has 1 aromatic heterocycles. The second-order valence-electron chi connectivity index (χ2n) is 3.91. The lowest BCUT2D eigenvalue weighted by atomic mass is 10.2. The van der Waals surface area contributed by atoms with Crippen LogP contribution in [0.1, 0.15) is 15.9 Å². The minimum Gasteiger partial charge on any atom is -0.488 e. The molecule has 1 heterocycles. The average molecular weight is 248 g/mol. The van der Waals surface area contributed by atoms with Gasteiger partial charge in [-0.15, -0.1) is 0 Å². The normalized spacial score (nSPS) is 10.3. The van der Waals surface area contributed by atoms with E-state index >= 15 is 0 Å². The van der Waals surface area contributed by atoms with Crippen LogP contribution in [0, 0.1) is 12.7 Å². The van der Waals surface area contributed by atoms with Crippen molar-refractivity contribution >= 4 is 6.29 Å². The second-order valence-corrected chi connectivity index (χ2v) is 3.91. The van der Waals surface area contributed by atoms with Crippen LogP contribution in [0.5, 0.6) is 5.75 Å². The summed E-state index contributed by atoms with van der Waals surface area (Å²) in [6, 6.07) is 4.26. The third kappa shape index (κ3) is 2.74. The molecule has 1 aromatic carbocycles. The Hall–Kier alpha value is -2.17. The molecule has 0 aliphatic rings. The summed E-state index contributed by atoms with van der Waals surface area (Å²) in [5, 5.41) is 4.09. The smallest absolute Gasteiger partial charge is 0.165 e. The van der Waals surface area contributed by atoms with E-state index in [1.165, 1.54) is 18.2 Å². The van der Waals surface area contributed by atoms with Crippen molar-refractivity contribution in [2.45, 2.75) is 13.5 Å². The molecule has 0 aliphatic heterocycles. The Morgan fingerprint density at radius 1 is 1.50 bits per heavy atom. The number of aldehydes is 1. The van der Waals surface area contributed by atoms with E-state index in [-0.39, 0.29) is 17.9 Å². The summed E-state index contributed by atoms with van der Waals surface area (Å²) in [6.45, 7) is 2.69. The van der Waals surface area contributed by atoms with Crippen molar-refractivity contribution in [1.82, 2.24) is 9.78 Å². The molecule has 0 spiro atoms. The van der Waals surface area contributed by atoms with Gasteiger partial charge in [0.25, 0.3) is 0 Å². The summed E-state index contributed by atoms with van der Waals surface area (Å²) in [5.41, 5.74) is 1.26. The fourth-order valence-electron chi connectivity index (χ4n) is 1.60. The van der Waals surface area contributed by atoms with Gasteiger partial charge in [-0.2, -0.15) is 5.10 Å². The molecule has 4 nitrogen and oxygen atoms in total. The van der Waals surface area contributed by atoms with Gasteiger partial charge in [-0.1, -0.05) is 6.07 Å². The number of ether oxygens (including phenoxy) is 1.